The lowest BCUT2D eigenvalue weighted by molar-refractivity contribution is 0.0243. The zero-order chi connectivity index (χ0) is 16.1. The minimum atomic E-state index is -0.0724. The van der Waals surface area contributed by atoms with Gasteiger partial charge in [0.15, 0.2) is 5.96 Å². The highest BCUT2D eigenvalue weighted by atomic mass is 16.5. The van der Waals surface area contributed by atoms with E-state index in [-0.39, 0.29) is 5.60 Å². The number of nitrogens with zero attached hydrogens (tertiary/aromatic N) is 1. The van der Waals surface area contributed by atoms with E-state index in [4.69, 9.17) is 4.74 Å². The summed E-state index contributed by atoms with van der Waals surface area (Å²) in [4.78, 5) is 4.31. The standard InChI is InChI=1S/C19H25N3O/c1-19(11-6-12-23-19)14-22-18(20-2)21-13-16-9-5-8-15-7-3-4-10-17(15)16/h3-5,7-10H,6,11-14H2,1-2H3,(H2,20,21,22). The van der Waals surface area contributed by atoms with E-state index in [1.54, 1.807) is 7.05 Å². The summed E-state index contributed by atoms with van der Waals surface area (Å²) in [6, 6.07) is 14.9. The van der Waals surface area contributed by atoms with Gasteiger partial charge in [-0.2, -0.15) is 0 Å². The summed E-state index contributed by atoms with van der Waals surface area (Å²) in [5.41, 5.74) is 1.20. The molecule has 1 aliphatic rings. The van der Waals surface area contributed by atoms with Crippen LogP contribution in [0.3, 0.4) is 0 Å². The lowest BCUT2D eigenvalue weighted by Gasteiger charge is -2.24. The van der Waals surface area contributed by atoms with Crippen molar-refractivity contribution in [3.8, 4) is 0 Å². The Hall–Kier alpha value is -2.07. The van der Waals surface area contributed by atoms with Crippen molar-refractivity contribution in [3.05, 3.63) is 48.0 Å². The quantitative estimate of drug-likeness (QED) is 0.674. The molecule has 0 saturated carbocycles. The molecule has 4 nitrogen and oxygen atoms in total. The smallest absolute Gasteiger partial charge is 0.191 e. The van der Waals surface area contributed by atoms with Crippen molar-refractivity contribution in [1.82, 2.24) is 10.6 Å². The van der Waals surface area contributed by atoms with Crippen molar-refractivity contribution in [2.45, 2.75) is 31.9 Å². The normalized spacial score (nSPS) is 21.6. The Labute approximate surface area is 138 Å². The van der Waals surface area contributed by atoms with Crippen molar-refractivity contribution < 1.29 is 4.74 Å². The monoisotopic (exact) mass is 311 g/mol. The second-order valence-corrected chi connectivity index (χ2v) is 6.32. The van der Waals surface area contributed by atoms with Gasteiger partial charge in [-0.15, -0.1) is 0 Å². The topological polar surface area (TPSA) is 45.7 Å². The summed E-state index contributed by atoms with van der Waals surface area (Å²) < 4.78 is 5.81. The zero-order valence-electron chi connectivity index (χ0n) is 13.9. The highest BCUT2D eigenvalue weighted by Crippen LogP contribution is 2.23. The van der Waals surface area contributed by atoms with Crippen LogP contribution in [0, 0.1) is 0 Å². The second-order valence-electron chi connectivity index (χ2n) is 6.32. The molecule has 23 heavy (non-hydrogen) atoms. The third kappa shape index (κ3) is 3.82. The Morgan fingerprint density at radius 2 is 2.00 bits per heavy atom. The Morgan fingerprint density at radius 1 is 1.17 bits per heavy atom. The molecule has 0 bridgehead atoms. The van der Waals surface area contributed by atoms with Gasteiger partial charge in [-0.3, -0.25) is 4.99 Å². The molecule has 0 amide bonds. The molecule has 122 valence electrons. The predicted octanol–water partition coefficient (Wildman–Crippen LogP) is 3.07. The number of rotatable bonds is 4. The van der Waals surface area contributed by atoms with Crippen molar-refractivity contribution >= 4 is 16.7 Å². The molecule has 1 unspecified atom stereocenters. The summed E-state index contributed by atoms with van der Waals surface area (Å²) in [5.74, 6) is 0.814. The minimum absolute atomic E-state index is 0.0724. The van der Waals surface area contributed by atoms with Crippen molar-refractivity contribution in [2.75, 3.05) is 20.2 Å². The van der Waals surface area contributed by atoms with Crippen LogP contribution in [0.4, 0.5) is 0 Å². The van der Waals surface area contributed by atoms with E-state index in [9.17, 15) is 0 Å². The Bertz CT molecular complexity index is 685. The van der Waals surface area contributed by atoms with Gasteiger partial charge in [0.25, 0.3) is 0 Å². The van der Waals surface area contributed by atoms with Crippen LogP contribution in [0.1, 0.15) is 25.3 Å². The molecule has 0 spiro atoms. The largest absolute Gasteiger partial charge is 0.373 e. The van der Waals surface area contributed by atoms with Crippen LogP contribution < -0.4 is 10.6 Å². The highest BCUT2D eigenvalue weighted by Gasteiger charge is 2.29. The number of guanidine groups is 1. The first kappa shape index (κ1) is 15.8. The number of hydrogen-bond acceptors (Lipinski definition) is 2. The first-order chi connectivity index (χ1) is 11.2. The maximum atomic E-state index is 5.81. The molecule has 0 aliphatic carbocycles. The maximum absolute atomic E-state index is 5.81. The molecule has 1 atom stereocenters. The fourth-order valence-corrected chi connectivity index (χ4v) is 3.09. The van der Waals surface area contributed by atoms with Crippen molar-refractivity contribution in [2.24, 2.45) is 4.99 Å². The van der Waals surface area contributed by atoms with E-state index in [1.807, 2.05) is 0 Å². The molecular formula is C19H25N3O. The van der Waals surface area contributed by atoms with Gasteiger partial charge < -0.3 is 15.4 Å². The number of aliphatic imine (C=N–C) groups is 1. The summed E-state index contributed by atoms with van der Waals surface area (Å²) in [5, 5.41) is 9.33. The Kier molecular flexibility index (Phi) is 4.82. The summed E-state index contributed by atoms with van der Waals surface area (Å²) in [6.45, 7) is 4.55. The van der Waals surface area contributed by atoms with Gasteiger partial charge in [0.2, 0.25) is 0 Å². The molecule has 1 fully saturated rings. The molecule has 1 aliphatic heterocycles. The Morgan fingerprint density at radius 3 is 2.78 bits per heavy atom. The SMILES string of the molecule is CN=C(NCc1cccc2ccccc12)NCC1(C)CCCO1. The molecule has 2 aromatic carbocycles. The lowest BCUT2D eigenvalue weighted by atomic mass is 10.0. The third-order valence-electron chi connectivity index (χ3n) is 4.48. The number of benzene rings is 2. The molecule has 0 radical (unpaired) electrons. The first-order valence-corrected chi connectivity index (χ1v) is 8.25. The van der Waals surface area contributed by atoms with Crippen molar-refractivity contribution in [1.29, 1.82) is 0 Å². The van der Waals surface area contributed by atoms with E-state index in [0.717, 1.165) is 38.5 Å². The van der Waals surface area contributed by atoms with Gasteiger partial charge in [0.1, 0.15) is 0 Å². The fraction of sp³-hybridized carbons (Fsp3) is 0.421. The van der Waals surface area contributed by atoms with E-state index in [1.165, 1.54) is 16.3 Å². The first-order valence-electron chi connectivity index (χ1n) is 8.25. The third-order valence-corrected chi connectivity index (χ3v) is 4.48. The fourth-order valence-electron chi connectivity index (χ4n) is 3.09. The number of ether oxygens (including phenoxy) is 1. The van der Waals surface area contributed by atoms with Gasteiger partial charge in [0.05, 0.1) is 5.60 Å². The van der Waals surface area contributed by atoms with E-state index in [2.05, 4.69) is 65.0 Å². The zero-order valence-corrected chi connectivity index (χ0v) is 13.9. The molecule has 2 N–H and O–H groups in total. The predicted molar refractivity (Wildman–Crippen MR) is 95.7 cm³/mol. The van der Waals surface area contributed by atoms with Crippen LogP contribution in [0.5, 0.6) is 0 Å². The van der Waals surface area contributed by atoms with E-state index in [0.29, 0.717) is 0 Å². The molecule has 4 heteroatoms. The number of fused-ring (bicyclic) bond motifs is 1. The average Bonchev–Trinajstić information content (AvgIpc) is 3.02. The molecular weight excluding hydrogens is 286 g/mol. The molecule has 1 saturated heterocycles. The van der Waals surface area contributed by atoms with Crippen LogP contribution in [-0.4, -0.2) is 31.8 Å². The minimum Gasteiger partial charge on any atom is -0.373 e. The molecule has 2 aromatic rings. The molecule has 3 rings (SSSR count). The van der Waals surface area contributed by atoms with Crippen molar-refractivity contribution in [3.63, 3.8) is 0 Å². The molecule has 1 heterocycles. The summed E-state index contributed by atoms with van der Waals surface area (Å²) >= 11 is 0. The van der Waals surface area contributed by atoms with Crippen LogP contribution in [0.25, 0.3) is 10.8 Å². The lowest BCUT2D eigenvalue weighted by Crippen LogP contribution is -2.45. The highest BCUT2D eigenvalue weighted by molar-refractivity contribution is 5.86. The van der Waals surface area contributed by atoms with Gasteiger partial charge >= 0.3 is 0 Å². The summed E-state index contributed by atoms with van der Waals surface area (Å²) in [6.07, 6.45) is 2.24. The van der Waals surface area contributed by atoms with Gasteiger partial charge in [-0.05, 0) is 36.1 Å². The van der Waals surface area contributed by atoms with Crippen LogP contribution in [-0.2, 0) is 11.3 Å². The summed E-state index contributed by atoms with van der Waals surface area (Å²) in [7, 11) is 1.80. The Balaban J connectivity index is 1.61. The van der Waals surface area contributed by atoms with Crippen LogP contribution >= 0.6 is 0 Å². The number of nitrogens with one attached hydrogen (secondary N) is 2. The van der Waals surface area contributed by atoms with E-state index < -0.39 is 0 Å². The van der Waals surface area contributed by atoms with Gasteiger partial charge in [-0.25, -0.2) is 0 Å². The maximum Gasteiger partial charge on any atom is 0.191 e. The van der Waals surface area contributed by atoms with Crippen LogP contribution in [0.15, 0.2) is 47.5 Å². The molecule has 0 aromatic heterocycles. The van der Waals surface area contributed by atoms with Gasteiger partial charge in [0, 0.05) is 26.7 Å². The second kappa shape index (κ2) is 7.01. The number of hydrogen-bond donors (Lipinski definition) is 2. The van der Waals surface area contributed by atoms with Crippen LogP contribution in [0.2, 0.25) is 0 Å². The van der Waals surface area contributed by atoms with E-state index >= 15 is 0 Å². The average molecular weight is 311 g/mol. The van der Waals surface area contributed by atoms with Gasteiger partial charge in [-0.1, -0.05) is 42.5 Å².